The lowest BCUT2D eigenvalue weighted by atomic mass is 10.1. The Morgan fingerprint density at radius 1 is 0.944 bits per heavy atom. The molecule has 2 aromatic heterocycles. The first-order valence-corrected chi connectivity index (χ1v) is 5.33. The van der Waals surface area contributed by atoms with Gasteiger partial charge >= 0.3 is 0 Å². The number of hydrogen-bond acceptors (Lipinski definition) is 6. The number of rotatable bonds is 1. The normalized spacial score (nSPS) is 10.7. The number of benzene rings is 1. The molecule has 3 rings (SSSR count). The van der Waals surface area contributed by atoms with Gasteiger partial charge in [0.25, 0.3) is 0 Å². The van der Waals surface area contributed by atoms with Gasteiger partial charge in [-0.3, -0.25) is 0 Å². The van der Waals surface area contributed by atoms with Crippen molar-refractivity contribution in [2.75, 3.05) is 11.5 Å². The van der Waals surface area contributed by atoms with Crippen LogP contribution in [0.3, 0.4) is 0 Å². The molecule has 0 aliphatic heterocycles. The molecule has 0 aliphatic carbocycles. The minimum absolute atomic E-state index is 0.201. The van der Waals surface area contributed by atoms with Gasteiger partial charge in [0.1, 0.15) is 6.33 Å². The van der Waals surface area contributed by atoms with Crippen molar-refractivity contribution >= 4 is 22.5 Å². The lowest BCUT2D eigenvalue weighted by Crippen LogP contribution is -2.00. The van der Waals surface area contributed by atoms with E-state index in [4.69, 9.17) is 11.5 Å². The molecule has 0 spiro atoms. The van der Waals surface area contributed by atoms with Crippen molar-refractivity contribution in [1.29, 1.82) is 0 Å². The van der Waals surface area contributed by atoms with Gasteiger partial charge in [0, 0.05) is 29.0 Å². The molecule has 88 valence electrons. The largest absolute Gasteiger partial charge is 0.398 e. The Morgan fingerprint density at radius 3 is 2.50 bits per heavy atom. The van der Waals surface area contributed by atoms with E-state index >= 15 is 0 Å². The van der Waals surface area contributed by atoms with E-state index in [1.165, 1.54) is 6.33 Å². The zero-order valence-electron chi connectivity index (χ0n) is 9.41. The predicted molar refractivity (Wildman–Crippen MR) is 69.4 cm³/mol. The molecule has 0 saturated heterocycles. The number of nitrogen functional groups attached to an aromatic ring is 2. The zero-order valence-corrected chi connectivity index (χ0v) is 9.41. The second-order valence-electron chi connectivity index (χ2n) is 3.80. The third kappa shape index (κ3) is 1.60. The highest BCUT2D eigenvalue weighted by molar-refractivity contribution is 6.00. The van der Waals surface area contributed by atoms with Crippen LogP contribution < -0.4 is 11.5 Å². The minimum Gasteiger partial charge on any atom is -0.398 e. The summed E-state index contributed by atoms with van der Waals surface area (Å²) in [5.41, 5.74) is 14.4. The molecule has 0 aliphatic rings. The van der Waals surface area contributed by atoms with Crippen LogP contribution in [0.5, 0.6) is 0 Å². The molecule has 6 nitrogen and oxygen atoms in total. The Labute approximate surface area is 103 Å². The summed E-state index contributed by atoms with van der Waals surface area (Å²) in [6.07, 6.45) is 4.79. The fourth-order valence-corrected chi connectivity index (χ4v) is 1.86. The molecule has 2 heterocycles. The third-order valence-electron chi connectivity index (χ3n) is 2.61. The summed E-state index contributed by atoms with van der Waals surface area (Å²) in [6.45, 7) is 0. The van der Waals surface area contributed by atoms with Gasteiger partial charge in [0.15, 0.2) is 0 Å². The van der Waals surface area contributed by atoms with Gasteiger partial charge in [-0.15, -0.1) is 0 Å². The molecule has 4 N–H and O–H groups in total. The SMILES string of the molecule is Nc1nc(-c2cncnc2)c2c(N)cccc2n1. The van der Waals surface area contributed by atoms with Crippen molar-refractivity contribution < 1.29 is 0 Å². The predicted octanol–water partition coefficient (Wildman–Crippen LogP) is 1.25. The average molecular weight is 238 g/mol. The van der Waals surface area contributed by atoms with Crippen molar-refractivity contribution in [1.82, 2.24) is 19.9 Å². The van der Waals surface area contributed by atoms with Gasteiger partial charge in [0.05, 0.1) is 11.2 Å². The first-order valence-electron chi connectivity index (χ1n) is 5.33. The molecular weight excluding hydrogens is 228 g/mol. The van der Waals surface area contributed by atoms with Crippen molar-refractivity contribution in [2.45, 2.75) is 0 Å². The maximum absolute atomic E-state index is 5.98. The average Bonchev–Trinajstić information content (AvgIpc) is 2.39. The van der Waals surface area contributed by atoms with Crippen LogP contribution in [0.2, 0.25) is 0 Å². The van der Waals surface area contributed by atoms with Gasteiger partial charge < -0.3 is 11.5 Å². The van der Waals surface area contributed by atoms with E-state index in [-0.39, 0.29) is 5.95 Å². The first kappa shape index (κ1) is 10.4. The molecule has 18 heavy (non-hydrogen) atoms. The summed E-state index contributed by atoms with van der Waals surface area (Å²) in [5.74, 6) is 0.201. The minimum atomic E-state index is 0.201. The Bertz CT molecular complexity index is 710. The summed E-state index contributed by atoms with van der Waals surface area (Å²) in [6, 6.07) is 5.47. The van der Waals surface area contributed by atoms with Gasteiger partial charge in [-0.25, -0.2) is 19.9 Å². The Hall–Kier alpha value is -2.76. The van der Waals surface area contributed by atoms with E-state index in [0.717, 1.165) is 10.9 Å². The van der Waals surface area contributed by atoms with E-state index in [1.807, 2.05) is 12.1 Å². The van der Waals surface area contributed by atoms with E-state index in [2.05, 4.69) is 19.9 Å². The first-order chi connectivity index (χ1) is 8.75. The van der Waals surface area contributed by atoms with Crippen LogP contribution in [0.1, 0.15) is 0 Å². The van der Waals surface area contributed by atoms with Gasteiger partial charge in [-0.2, -0.15) is 0 Å². The van der Waals surface area contributed by atoms with Crippen molar-refractivity contribution in [3.05, 3.63) is 36.9 Å². The van der Waals surface area contributed by atoms with Crippen LogP contribution in [-0.4, -0.2) is 19.9 Å². The number of nitrogens with two attached hydrogens (primary N) is 2. The molecule has 0 bridgehead atoms. The highest BCUT2D eigenvalue weighted by Gasteiger charge is 2.11. The molecule has 0 saturated carbocycles. The molecule has 6 heteroatoms. The number of anilines is 2. The van der Waals surface area contributed by atoms with Gasteiger partial charge in [0.2, 0.25) is 5.95 Å². The fourth-order valence-electron chi connectivity index (χ4n) is 1.86. The number of hydrogen-bond donors (Lipinski definition) is 2. The highest BCUT2D eigenvalue weighted by Crippen LogP contribution is 2.29. The molecule has 3 aromatic rings. The Morgan fingerprint density at radius 2 is 1.72 bits per heavy atom. The van der Waals surface area contributed by atoms with Crippen LogP contribution in [-0.2, 0) is 0 Å². The van der Waals surface area contributed by atoms with Crippen molar-refractivity contribution in [3.63, 3.8) is 0 Å². The molecule has 0 fully saturated rings. The lowest BCUT2D eigenvalue weighted by molar-refractivity contribution is 1.15. The molecular formula is C12H10N6. The Kier molecular flexibility index (Phi) is 2.26. The van der Waals surface area contributed by atoms with Crippen molar-refractivity contribution in [2.24, 2.45) is 0 Å². The van der Waals surface area contributed by atoms with Crippen LogP contribution in [0.25, 0.3) is 22.2 Å². The summed E-state index contributed by atoms with van der Waals surface area (Å²) in [5, 5.41) is 0.765. The molecule has 0 unspecified atom stereocenters. The second-order valence-corrected chi connectivity index (χ2v) is 3.80. The van der Waals surface area contributed by atoms with Crippen LogP contribution >= 0.6 is 0 Å². The summed E-state index contributed by atoms with van der Waals surface area (Å²) >= 11 is 0. The third-order valence-corrected chi connectivity index (χ3v) is 2.61. The standard InChI is InChI=1S/C12H10N6/c13-8-2-1-3-9-10(8)11(18-12(14)17-9)7-4-15-6-16-5-7/h1-6H,13H2,(H2,14,17,18). The molecule has 1 aromatic carbocycles. The summed E-state index contributed by atoms with van der Waals surface area (Å²) in [7, 11) is 0. The quantitative estimate of drug-likeness (QED) is 0.618. The highest BCUT2D eigenvalue weighted by atomic mass is 15.0. The van der Waals surface area contributed by atoms with E-state index < -0.39 is 0 Å². The number of fused-ring (bicyclic) bond motifs is 1. The van der Waals surface area contributed by atoms with Gasteiger partial charge in [-0.05, 0) is 12.1 Å². The summed E-state index contributed by atoms with van der Waals surface area (Å²) in [4.78, 5) is 16.4. The summed E-state index contributed by atoms with van der Waals surface area (Å²) < 4.78 is 0. The number of nitrogens with zero attached hydrogens (tertiary/aromatic N) is 4. The molecule has 0 atom stereocenters. The van der Waals surface area contributed by atoms with E-state index in [9.17, 15) is 0 Å². The topological polar surface area (TPSA) is 104 Å². The fraction of sp³-hybridized carbons (Fsp3) is 0. The van der Waals surface area contributed by atoms with Crippen LogP contribution in [0, 0.1) is 0 Å². The molecule has 0 amide bonds. The van der Waals surface area contributed by atoms with Gasteiger partial charge in [-0.1, -0.05) is 6.07 Å². The van der Waals surface area contributed by atoms with E-state index in [0.29, 0.717) is 16.9 Å². The second kappa shape index (κ2) is 3.92. The van der Waals surface area contributed by atoms with Crippen molar-refractivity contribution in [3.8, 4) is 11.3 Å². The molecule has 0 radical (unpaired) electrons. The zero-order chi connectivity index (χ0) is 12.5. The Balaban J connectivity index is 2.41. The smallest absolute Gasteiger partial charge is 0.221 e. The van der Waals surface area contributed by atoms with Crippen LogP contribution in [0.4, 0.5) is 11.6 Å². The lowest BCUT2D eigenvalue weighted by Gasteiger charge is -2.08. The maximum atomic E-state index is 5.98. The van der Waals surface area contributed by atoms with Crippen LogP contribution in [0.15, 0.2) is 36.9 Å². The number of aromatic nitrogens is 4. The monoisotopic (exact) mass is 238 g/mol. The maximum Gasteiger partial charge on any atom is 0.221 e. The van der Waals surface area contributed by atoms with E-state index in [1.54, 1.807) is 18.5 Å².